The molecule has 0 saturated heterocycles. The van der Waals surface area contributed by atoms with Crippen molar-refractivity contribution in [2.75, 3.05) is 29.0 Å². The van der Waals surface area contributed by atoms with Crippen LogP contribution in [0.15, 0.2) is 47.4 Å². The van der Waals surface area contributed by atoms with E-state index in [-0.39, 0.29) is 11.3 Å². The first-order chi connectivity index (χ1) is 15.4. The van der Waals surface area contributed by atoms with E-state index in [0.717, 1.165) is 21.7 Å². The molecule has 0 aliphatic rings. The Bertz CT molecular complexity index is 1190. The highest BCUT2D eigenvalue weighted by atomic mass is 32.2. The van der Waals surface area contributed by atoms with Crippen LogP contribution in [0.2, 0.25) is 0 Å². The number of carbonyl (C=O) groups excluding carboxylic acids is 1. The Kier molecular flexibility index (Phi) is 8.67. The minimum Gasteiger partial charge on any atom is -0.324 e. The zero-order valence-corrected chi connectivity index (χ0v) is 21.6. The van der Waals surface area contributed by atoms with Gasteiger partial charge in [0.1, 0.15) is 6.04 Å². The van der Waals surface area contributed by atoms with Crippen LogP contribution in [-0.4, -0.2) is 52.4 Å². The van der Waals surface area contributed by atoms with Crippen LogP contribution >= 0.6 is 0 Å². The van der Waals surface area contributed by atoms with Gasteiger partial charge in [0.25, 0.3) is 0 Å². The van der Waals surface area contributed by atoms with E-state index in [2.05, 4.69) is 5.32 Å². The lowest BCUT2D eigenvalue weighted by atomic mass is 10.1. The van der Waals surface area contributed by atoms with Gasteiger partial charge in [0.15, 0.2) is 0 Å². The van der Waals surface area contributed by atoms with Crippen molar-refractivity contribution in [2.45, 2.75) is 52.0 Å². The van der Waals surface area contributed by atoms with Crippen LogP contribution in [0, 0.1) is 13.8 Å². The van der Waals surface area contributed by atoms with Gasteiger partial charge in [-0.15, -0.1) is 0 Å². The summed E-state index contributed by atoms with van der Waals surface area (Å²) in [5.41, 5.74) is 2.74. The normalized spacial score (nSPS) is 13.1. The highest BCUT2D eigenvalue weighted by Gasteiger charge is 2.32. The molecule has 33 heavy (non-hydrogen) atoms. The molecule has 182 valence electrons. The van der Waals surface area contributed by atoms with E-state index >= 15 is 0 Å². The fourth-order valence-corrected chi connectivity index (χ4v) is 6.23. The van der Waals surface area contributed by atoms with Crippen LogP contribution in [0.25, 0.3) is 0 Å². The van der Waals surface area contributed by atoms with E-state index < -0.39 is 32.0 Å². The van der Waals surface area contributed by atoms with Gasteiger partial charge in [-0.25, -0.2) is 16.8 Å². The minimum absolute atomic E-state index is 0.129. The first-order valence-electron chi connectivity index (χ1n) is 10.8. The highest BCUT2D eigenvalue weighted by Crippen LogP contribution is 2.26. The highest BCUT2D eigenvalue weighted by molar-refractivity contribution is 7.92. The Labute approximate surface area is 197 Å². The molecule has 1 amide bonds. The summed E-state index contributed by atoms with van der Waals surface area (Å²) in [6, 6.07) is 10.2. The van der Waals surface area contributed by atoms with Gasteiger partial charge >= 0.3 is 0 Å². The largest absolute Gasteiger partial charge is 0.324 e. The maximum Gasteiger partial charge on any atom is 0.248 e. The number of sulfonamides is 2. The second-order valence-corrected chi connectivity index (χ2v) is 11.7. The zero-order valence-electron chi connectivity index (χ0n) is 20.0. The van der Waals surface area contributed by atoms with Crippen molar-refractivity contribution in [1.29, 1.82) is 0 Å². The van der Waals surface area contributed by atoms with E-state index in [9.17, 15) is 21.6 Å². The van der Waals surface area contributed by atoms with Crippen molar-refractivity contribution >= 4 is 37.3 Å². The van der Waals surface area contributed by atoms with E-state index in [1.165, 1.54) is 28.6 Å². The quantitative estimate of drug-likeness (QED) is 0.543. The van der Waals surface area contributed by atoms with Crippen molar-refractivity contribution in [3.63, 3.8) is 0 Å². The predicted octanol–water partition coefficient (Wildman–Crippen LogP) is 3.52. The van der Waals surface area contributed by atoms with Gasteiger partial charge in [0.05, 0.1) is 16.8 Å². The lowest BCUT2D eigenvalue weighted by Crippen LogP contribution is -2.47. The molecular weight excluding hydrogens is 462 g/mol. The number of hydrogen-bond donors (Lipinski definition) is 1. The number of anilines is 2. The molecule has 1 atom stereocenters. The van der Waals surface area contributed by atoms with E-state index in [1.54, 1.807) is 32.9 Å². The molecule has 0 radical (unpaired) electrons. The van der Waals surface area contributed by atoms with Crippen LogP contribution in [-0.2, 0) is 24.8 Å². The molecule has 0 bridgehead atoms. The molecule has 0 fully saturated rings. The fraction of sp³-hybridized carbons (Fsp3) is 0.435. The number of hydrogen-bond acceptors (Lipinski definition) is 5. The molecule has 2 aromatic carbocycles. The van der Waals surface area contributed by atoms with Gasteiger partial charge in [0.2, 0.25) is 26.0 Å². The Morgan fingerprint density at radius 3 is 1.94 bits per heavy atom. The Hall–Kier alpha value is -2.43. The number of aryl methyl sites for hydroxylation is 2. The Balaban J connectivity index is 2.33. The second-order valence-electron chi connectivity index (χ2n) is 7.85. The number of benzene rings is 2. The molecule has 1 unspecified atom stereocenters. The molecule has 2 aromatic rings. The summed E-state index contributed by atoms with van der Waals surface area (Å²) in [6.45, 7) is 9.80. The average Bonchev–Trinajstić information content (AvgIpc) is 2.74. The maximum absolute atomic E-state index is 13.1. The van der Waals surface area contributed by atoms with Crippen LogP contribution < -0.4 is 9.62 Å². The Morgan fingerprint density at radius 2 is 1.48 bits per heavy atom. The molecule has 1 N–H and O–H groups in total. The molecule has 2 rings (SSSR count). The van der Waals surface area contributed by atoms with E-state index in [4.69, 9.17) is 0 Å². The number of amides is 1. The molecule has 0 aromatic heterocycles. The van der Waals surface area contributed by atoms with Gasteiger partial charge in [-0.3, -0.25) is 9.10 Å². The van der Waals surface area contributed by atoms with Gasteiger partial charge in [-0.05, 0) is 67.8 Å². The van der Waals surface area contributed by atoms with E-state index in [1.807, 2.05) is 19.9 Å². The van der Waals surface area contributed by atoms with Crippen molar-refractivity contribution in [1.82, 2.24) is 4.31 Å². The van der Waals surface area contributed by atoms with E-state index in [0.29, 0.717) is 24.5 Å². The summed E-state index contributed by atoms with van der Waals surface area (Å²) in [4.78, 5) is 13.2. The molecule has 8 nitrogen and oxygen atoms in total. The first-order valence-corrected chi connectivity index (χ1v) is 14.1. The van der Waals surface area contributed by atoms with Crippen molar-refractivity contribution in [3.05, 3.63) is 53.6 Å². The number of rotatable bonds is 10. The molecule has 0 saturated carbocycles. The molecule has 0 heterocycles. The molecule has 0 aliphatic carbocycles. The summed E-state index contributed by atoms with van der Waals surface area (Å²) in [5.74, 6) is -0.500. The average molecular weight is 496 g/mol. The monoisotopic (exact) mass is 495 g/mol. The summed E-state index contributed by atoms with van der Waals surface area (Å²) >= 11 is 0. The SMILES string of the molecule is CCC(C(=O)Nc1ccc(S(=O)(=O)N(CC)CC)cc1)N(c1ccc(C)c(C)c1)S(C)(=O)=O. The maximum atomic E-state index is 13.1. The fourth-order valence-electron chi connectivity index (χ4n) is 3.57. The molecule has 0 aliphatic heterocycles. The number of nitrogens with zero attached hydrogens (tertiary/aromatic N) is 2. The Morgan fingerprint density at radius 1 is 0.909 bits per heavy atom. The van der Waals surface area contributed by atoms with Crippen LogP contribution in [0.1, 0.15) is 38.3 Å². The summed E-state index contributed by atoms with van der Waals surface area (Å²) in [5, 5.41) is 2.72. The molecule has 0 spiro atoms. The van der Waals surface area contributed by atoms with Gasteiger partial charge < -0.3 is 5.32 Å². The van der Waals surface area contributed by atoms with Crippen LogP contribution in [0.3, 0.4) is 0 Å². The van der Waals surface area contributed by atoms with Gasteiger partial charge in [0, 0.05) is 18.8 Å². The van der Waals surface area contributed by atoms with Gasteiger partial charge in [-0.1, -0.05) is 26.8 Å². The summed E-state index contributed by atoms with van der Waals surface area (Å²) < 4.78 is 53.1. The zero-order chi connectivity index (χ0) is 25.0. The summed E-state index contributed by atoms with van der Waals surface area (Å²) in [6.07, 6.45) is 1.32. The first kappa shape index (κ1) is 26.8. The molecular formula is C23H33N3O5S2. The predicted molar refractivity (Wildman–Crippen MR) is 132 cm³/mol. The minimum atomic E-state index is -3.75. The topological polar surface area (TPSA) is 104 Å². The second kappa shape index (κ2) is 10.7. The third-order valence-electron chi connectivity index (χ3n) is 5.54. The van der Waals surface area contributed by atoms with Crippen molar-refractivity contribution < 1.29 is 21.6 Å². The molecule has 10 heteroatoms. The summed E-state index contributed by atoms with van der Waals surface area (Å²) in [7, 11) is -7.36. The third kappa shape index (κ3) is 6.13. The lowest BCUT2D eigenvalue weighted by molar-refractivity contribution is -0.117. The van der Waals surface area contributed by atoms with Gasteiger partial charge in [-0.2, -0.15) is 4.31 Å². The number of carbonyl (C=O) groups is 1. The number of nitrogens with one attached hydrogen (secondary N) is 1. The lowest BCUT2D eigenvalue weighted by Gasteiger charge is -2.30. The standard InChI is InChI=1S/C23H33N3O5S2/c1-7-22(26(32(6,28)29)20-13-10-17(4)18(5)16-20)23(27)24-19-11-14-21(15-12-19)33(30,31)25(8-2)9-3/h10-16,22H,7-9H2,1-6H3,(H,24,27). The van der Waals surface area contributed by atoms with Crippen molar-refractivity contribution in [3.8, 4) is 0 Å². The van der Waals surface area contributed by atoms with Crippen molar-refractivity contribution in [2.24, 2.45) is 0 Å². The van der Waals surface area contributed by atoms with Crippen LogP contribution in [0.5, 0.6) is 0 Å². The third-order valence-corrected chi connectivity index (χ3v) is 8.78. The van der Waals surface area contributed by atoms with Crippen LogP contribution in [0.4, 0.5) is 11.4 Å². The smallest absolute Gasteiger partial charge is 0.248 e.